The third-order valence-electron chi connectivity index (χ3n) is 5.63. The number of halogens is 5. The second-order valence-electron chi connectivity index (χ2n) is 7.87. The van der Waals surface area contributed by atoms with Crippen molar-refractivity contribution in [3.05, 3.63) is 88.2 Å². The van der Waals surface area contributed by atoms with E-state index in [0.717, 1.165) is 16.0 Å². The van der Waals surface area contributed by atoms with Gasteiger partial charge in [-0.05, 0) is 48.2 Å². The Hall–Kier alpha value is -3.26. The molecule has 0 radical (unpaired) electrons. The number of hydrogen-bond acceptors (Lipinski definition) is 3. The molecule has 9 heteroatoms. The molecule has 3 aromatic rings. The molecule has 1 amide bonds. The molecule has 1 aliphatic rings. The molecular formula is C25H21ClF4N2O2. The van der Waals surface area contributed by atoms with Crippen LogP contribution in [0.25, 0.3) is 0 Å². The van der Waals surface area contributed by atoms with E-state index in [2.05, 4.69) is 5.32 Å². The van der Waals surface area contributed by atoms with Crippen LogP contribution in [-0.2, 0) is 24.2 Å². The molecule has 3 aromatic carbocycles. The summed E-state index contributed by atoms with van der Waals surface area (Å²) in [6.45, 7) is -0.0109. The lowest BCUT2D eigenvalue weighted by Gasteiger charge is -2.21. The van der Waals surface area contributed by atoms with Gasteiger partial charge < -0.3 is 15.0 Å². The van der Waals surface area contributed by atoms with Gasteiger partial charge in [-0.1, -0.05) is 41.9 Å². The van der Waals surface area contributed by atoms with Crippen molar-refractivity contribution < 1.29 is 27.1 Å². The Morgan fingerprint density at radius 1 is 1.00 bits per heavy atom. The monoisotopic (exact) mass is 492 g/mol. The van der Waals surface area contributed by atoms with E-state index in [4.69, 9.17) is 16.3 Å². The largest absolute Gasteiger partial charge is 0.471 e. The number of alkyl halides is 3. The minimum absolute atomic E-state index is 0.0378. The predicted molar refractivity (Wildman–Crippen MR) is 122 cm³/mol. The van der Waals surface area contributed by atoms with Crippen LogP contribution < -0.4 is 10.1 Å². The molecule has 1 heterocycles. The van der Waals surface area contributed by atoms with Crippen LogP contribution in [0.15, 0.2) is 60.7 Å². The first-order valence-electron chi connectivity index (χ1n) is 10.6. The molecule has 4 rings (SSSR count). The maximum atomic E-state index is 14.7. The molecule has 0 aromatic heterocycles. The molecule has 1 aliphatic heterocycles. The van der Waals surface area contributed by atoms with Crippen molar-refractivity contribution in [1.29, 1.82) is 0 Å². The van der Waals surface area contributed by atoms with E-state index in [1.807, 2.05) is 18.2 Å². The molecule has 4 nitrogen and oxygen atoms in total. The van der Waals surface area contributed by atoms with Crippen LogP contribution in [0.2, 0.25) is 5.02 Å². The van der Waals surface area contributed by atoms with Crippen LogP contribution >= 0.6 is 11.6 Å². The zero-order valence-corrected chi connectivity index (χ0v) is 18.7. The summed E-state index contributed by atoms with van der Waals surface area (Å²) in [6, 6.07) is 16.9. The maximum Gasteiger partial charge on any atom is 0.471 e. The van der Waals surface area contributed by atoms with Crippen molar-refractivity contribution in [1.82, 2.24) is 4.90 Å². The Morgan fingerprint density at radius 2 is 1.74 bits per heavy atom. The van der Waals surface area contributed by atoms with Crippen LogP contribution in [0.5, 0.6) is 11.5 Å². The quantitative estimate of drug-likeness (QED) is 0.421. The fourth-order valence-corrected chi connectivity index (χ4v) is 4.16. The Balaban J connectivity index is 1.48. The van der Waals surface area contributed by atoms with E-state index in [1.54, 1.807) is 36.4 Å². The summed E-state index contributed by atoms with van der Waals surface area (Å²) < 4.78 is 59.0. The van der Waals surface area contributed by atoms with Gasteiger partial charge in [0.1, 0.15) is 17.3 Å². The summed E-state index contributed by atoms with van der Waals surface area (Å²) >= 11 is 6.37. The van der Waals surface area contributed by atoms with Crippen LogP contribution in [0.3, 0.4) is 0 Å². The average Bonchev–Trinajstić information content (AvgIpc) is 3.02. The summed E-state index contributed by atoms with van der Waals surface area (Å²) in [5.41, 5.74) is 2.44. The highest BCUT2D eigenvalue weighted by Crippen LogP contribution is 2.33. The Bertz CT molecular complexity index is 1190. The first-order chi connectivity index (χ1) is 16.2. The first kappa shape index (κ1) is 23.9. The molecule has 178 valence electrons. The lowest BCUT2D eigenvalue weighted by atomic mass is 10.0. The van der Waals surface area contributed by atoms with Crippen molar-refractivity contribution in [2.75, 3.05) is 18.4 Å². The second-order valence-corrected chi connectivity index (χ2v) is 8.28. The van der Waals surface area contributed by atoms with Gasteiger partial charge in [0, 0.05) is 31.3 Å². The Morgan fingerprint density at radius 3 is 2.44 bits per heavy atom. The van der Waals surface area contributed by atoms with Gasteiger partial charge in [-0.15, -0.1) is 0 Å². The van der Waals surface area contributed by atoms with E-state index < -0.39 is 17.9 Å². The minimum Gasteiger partial charge on any atom is -0.457 e. The van der Waals surface area contributed by atoms with E-state index >= 15 is 0 Å². The van der Waals surface area contributed by atoms with Gasteiger partial charge in [-0.3, -0.25) is 4.79 Å². The van der Waals surface area contributed by atoms with Crippen molar-refractivity contribution in [2.24, 2.45) is 0 Å². The minimum atomic E-state index is -4.91. The number of nitrogens with zero attached hydrogens (tertiary/aromatic N) is 1. The van der Waals surface area contributed by atoms with Gasteiger partial charge in [0.2, 0.25) is 0 Å². The third kappa shape index (κ3) is 5.44. The molecule has 0 unspecified atom stereocenters. The maximum absolute atomic E-state index is 14.7. The van der Waals surface area contributed by atoms with Gasteiger partial charge in [-0.25, -0.2) is 4.39 Å². The molecular weight excluding hydrogens is 472 g/mol. The topological polar surface area (TPSA) is 41.6 Å². The fourth-order valence-electron chi connectivity index (χ4n) is 3.91. The normalized spacial score (nSPS) is 13.7. The molecule has 0 atom stereocenters. The number of anilines is 1. The molecule has 1 N–H and O–H groups in total. The average molecular weight is 493 g/mol. The van der Waals surface area contributed by atoms with Gasteiger partial charge >= 0.3 is 12.1 Å². The van der Waals surface area contributed by atoms with E-state index in [1.165, 1.54) is 6.07 Å². The predicted octanol–water partition coefficient (Wildman–Crippen LogP) is 6.37. The van der Waals surface area contributed by atoms with E-state index in [0.29, 0.717) is 27.8 Å². The van der Waals surface area contributed by atoms with Crippen molar-refractivity contribution in [3.8, 4) is 11.5 Å². The standard InChI is InChI=1S/C25H21ClF4N2O2/c26-21-9-7-16-10-12-32(24(33)25(28,29)30)13-11-20(16)23(21)31-15-17-6-8-19(14-22(17)27)34-18-4-2-1-3-5-18/h1-9,14,31H,10-13,15H2. The van der Waals surface area contributed by atoms with Crippen molar-refractivity contribution in [2.45, 2.75) is 25.6 Å². The molecule has 0 aliphatic carbocycles. The zero-order valence-electron chi connectivity index (χ0n) is 18.0. The summed E-state index contributed by atoms with van der Waals surface area (Å²) in [4.78, 5) is 12.5. The van der Waals surface area contributed by atoms with Gasteiger partial charge in [0.25, 0.3) is 0 Å². The van der Waals surface area contributed by atoms with Gasteiger partial charge in [0.05, 0.1) is 10.7 Å². The van der Waals surface area contributed by atoms with Crippen LogP contribution in [0.1, 0.15) is 16.7 Å². The number of nitrogens with one attached hydrogen (secondary N) is 1. The molecule has 34 heavy (non-hydrogen) atoms. The number of hydrogen-bond donors (Lipinski definition) is 1. The summed E-state index contributed by atoms with van der Waals surface area (Å²) in [7, 11) is 0. The van der Waals surface area contributed by atoms with Crippen LogP contribution in [0.4, 0.5) is 23.2 Å². The lowest BCUT2D eigenvalue weighted by molar-refractivity contribution is -0.185. The summed E-state index contributed by atoms with van der Waals surface area (Å²) in [5.74, 6) is -1.38. The number of benzene rings is 3. The Kier molecular flexibility index (Phi) is 6.97. The van der Waals surface area contributed by atoms with Crippen LogP contribution in [-0.4, -0.2) is 30.1 Å². The third-order valence-corrected chi connectivity index (χ3v) is 5.95. The fraction of sp³-hybridized carbons (Fsp3) is 0.240. The highest BCUT2D eigenvalue weighted by atomic mass is 35.5. The molecule has 0 saturated carbocycles. The van der Waals surface area contributed by atoms with E-state index in [9.17, 15) is 22.4 Å². The molecule has 0 saturated heterocycles. The first-order valence-corrected chi connectivity index (χ1v) is 11.0. The Labute approximate surface area is 199 Å². The highest BCUT2D eigenvalue weighted by Gasteiger charge is 2.42. The number of amides is 1. The molecule has 0 spiro atoms. The smallest absolute Gasteiger partial charge is 0.457 e. The number of carbonyl (C=O) groups excluding carboxylic acids is 1. The highest BCUT2D eigenvalue weighted by molar-refractivity contribution is 6.33. The number of ether oxygens (including phenoxy) is 1. The lowest BCUT2D eigenvalue weighted by Crippen LogP contribution is -2.42. The van der Waals surface area contributed by atoms with Gasteiger partial charge in [-0.2, -0.15) is 13.2 Å². The zero-order chi connectivity index (χ0) is 24.3. The second kappa shape index (κ2) is 9.93. The molecule has 0 bridgehead atoms. The van der Waals surface area contributed by atoms with Crippen molar-refractivity contribution in [3.63, 3.8) is 0 Å². The van der Waals surface area contributed by atoms with Crippen molar-refractivity contribution >= 4 is 23.2 Å². The number of para-hydroxylation sites is 1. The summed E-state index contributed by atoms with van der Waals surface area (Å²) in [6.07, 6.45) is -4.45. The SMILES string of the molecule is O=C(N1CCc2ccc(Cl)c(NCc3ccc(Oc4ccccc4)cc3F)c2CC1)C(F)(F)F. The van der Waals surface area contributed by atoms with E-state index in [-0.39, 0.29) is 32.5 Å². The van der Waals surface area contributed by atoms with Crippen LogP contribution in [0, 0.1) is 5.82 Å². The number of fused-ring (bicyclic) bond motifs is 1. The summed E-state index contributed by atoms with van der Waals surface area (Å²) in [5, 5.41) is 3.50. The molecule has 0 fully saturated rings. The van der Waals surface area contributed by atoms with Gasteiger partial charge in [0.15, 0.2) is 0 Å². The number of carbonyl (C=O) groups is 1. The number of rotatable bonds is 5.